The Hall–Kier alpha value is -2.26. The van der Waals surface area contributed by atoms with Gasteiger partial charge in [0.25, 0.3) is 0 Å². The van der Waals surface area contributed by atoms with E-state index in [9.17, 15) is 14.8 Å². The Morgan fingerprint density at radius 1 is 0.950 bits per heavy atom. The van der Waals surface area contributed by atoms with Gasteiger partial charge in [0, 0.05) is 0 Å². The van der Waals surface area contributed by atoms with Crippen LogP contribution in [0.5, 0.6) is 11.5 Å². The molecule has 1 atom stereocenters. The first-order valence-electron chi connectivity index (χ1n) is 6.04. The number of anilines is 2. The molecule has 0 bridgehead atoms. The molecular weight excluding hydrogens is 275 g/mol. The number of aromatic hydroxyl groups is 2. The van der Waals surface area contributed by atoms with Crippen LogP contribution < -0.4 is 11.5 Å². The van der Waals surface area contributed by atoms with Gasteiger partial charge in [0.1, 0.15) is 11.5 Å². The lowest BCUT2D eigenvalue weighted by Crippen LogP contribution is -2.04. The number of phenols is 2. The number of hydrogen-bond donors (Lipinski definition) is 4. The van der Waals surface area contributed by atoms with Crippen LogP contribution in [0, 0.1) is 0 Å². The highest BCUT2D eigenvalue weighted by molar-refractivity contribution is 7.23. The topological polar surface area (TPSA) is 110 Å². The summed E-state index contributed by atoms with van der Waals surface area (Å²) in [5.41, 5.74) is 13.6. The summed E-state index contributed by atoms with van der Waals surface area (Å²) in [7, 11) is -0.479. The van der Waals surface area contributed by atoms with E-state index in [-0.39, 0.29) is 28.8 Å². The summed E-state index contributed by atoms with van der Waals surface area (Å²) in [6, 6.07) is 9.80. The largest absolute Gasteiger partial charge is 0.506 e. The highest BCUT2D eigenvalue weighted by Crippen LogP contribution is 2.34. The lowest BCUT2D eigenvalue weighted by molar-refractivity contribution is 0.477. The number of hydrogen-bond acceptors (Lipinski definition) is 5. The highest BCUT2D eigenvalue weighted by Gasteiger charge is 2.19. The van der Waals surface area contributed by atoms with E-state index < -0.39 is 8.46 Å². The van der Waals surface area contributed by atoms with E-state index in [1.165, 1.54) is 12.1 Å². The molecule has 0 aromatic heterocycles. The van der Waals surface area contributed by atoms with Gasteiger partial charge in [-0.3, -0.25) is 0 Å². The van der Waals surface area contributed by atoms with E-state index in [1.54, 1.807) is 24.3 Å². The van der Waals surface area contributed by atoms with Gasteiger partial charge in [0.05, 0.1) is 17.3 Å². The van der Waals surface area contributed by atoms with Gasteiger partial charge in [-0.25, -0.2) is 0 Å². The third-order valence-electron chi connectivity index (χ3n) is 3.20. The van der Waals surface area contributed by atoms with Gasteiger partial charge in [-0.2, -0.15) is 0 Å². The van der Waals surface area contributed by atoms with Crippen LogP contribution in [-0.4, -0.2) is 16.4 Å². The number of phenolic OH excluding ortho intramolecular Hbond substituents is 2. The van der Waals surface area contributed by atoms with Crippen molar-refractivity contribution in [1.29, 1.82) is 0 Å². The van der Waals surface area contributed by atoms with Gasteiger partial charge >= 0.3 is 8.46 Å². The Morgan fingerprint density at radius 3 is 1.75 bits per heavy atom. The summed E-state index contributed by atoms with van der Waals surface area (Å²) in [5, 5.41) is 18.9. The Kier molecular flexibility index (Phi) is 4.11. The van der Waals surface area contributed by atoms with Crippen molar-refractivity contribution in [2.45, 2.75) is 5.92 Å². The molecule has 0 aliphatic carbocycles. The van der Waals surface area contributed by atoms with Crippen molar-refractivity contribution in [2.75, 3.05) is 17.6 Å². The van der Waals surface area contributed by atoms with Crippen LogP contribution in [0.4, 0.5) is 11.4 Å². The van der Waals surface area contributed by atoms with E-state index in [0.717, 1.165) is 11.1 Å². The molecule has 0 saturated carbocycles. The molecule has 0 saturated heterocycles. The number of nitrogens with two attached hydrogens (primary N) is 2. The second-order valence-electron chi connectivity index (χ2n) is 4.54. The van der Waals surface area contributed by atoms with E-state index in [1.807, 2.05) is 0 Å². The van der Waals surface area contributed by atoms with Crippen LogP contribution >= 0.6 is 8.46 Å². The first-order valence-corrected chi connectivity index (χ1v) is 7.16. The predicted molar refractivity (Wildman–Crippen MR) is 80.7 cm³/mol. The smallest absolute Gasteiger partial charge is 0.325 e. The first kappa shape index (κ1) is 14.2. The van der Waals surface area contributed by atoms with Crippen LogP contribution in [0.3, 0.4) is 0 Å². The Bertz CT molecular complexity index is 595. The molecule has 2 aromatic carbocycles. The molecule has 0 aliphatic heterocycles. The molecule has 0 amide bonds. The zero-order chi connectivity index (χ0) is 14.7. The SMILES string of the molecule is Nc1cc(C(C[PH+]=O)c2ccc(O)c(N)c2)ccc1O. The van der Waals surface area contributed by atoms with Gasteiger partial charge in [-0.05, 0) is 35.4 Å². The summed E-state index contributed by atoms with van der Waals surface area (Å²) in [6.07, 6.45) is 0.411. The summed E-state index contributed by atoms with van der Waals surface area (Å²) < 4.78 is 11.1. The molecule has 5 nitrogen and oxygen atoms in total. The monoisotopic (exact) mass is 291 g/mol. The van der Waals surface area contributed by atoms with Crippen LogP contribution in [0.15, 0.2) is 36.4 Å². The second kappa shape index (κ2) is 5.80. The van der Waals surface area contributed by atoms with Crippen LogP contribution in [-0.2, 0) is 4.57 Å². The maximum atomic E-state index is 11.1. The van der Waals surface area contributed by atoms with Crippen LogP contribution in [0.1, 0.15) is 17.0 Å². The maximum Gasteiger partial charge on any atom is 0.325 e. The second-order valence-corrected chi connectivity index (χ2v) is 5.23. The highest BCUT2D eigenvalue weighted by atomic mass is 31.1. The lowest BCUT2D eigenvalue weighted by Gasteiger charge is -2.14. The first-order chi connectivity index (χ1) is 9.52. The maximum absolute atomic E-state index is 11.1. The minimum Gasteiger partial charge on any atom is -0.506 e. The third kappa shape index (κ3) is 2.83. The molecular formula is C14H16N2O3P+. The predicted octanol–water partition coefficient (Wildman–Crippen LogP) is 2.42. The third-order valence-corrected chi connectivity index (χ3v) is 3.77. The van der Waals surface area contributed by atoms with Crippen molar-refractivity contribution in [1.82, 2.24) is 0 Å². The van der Waals surface area contributed by atoms with E-state index in [2.05, 4.69) is 0 Å². The fourth-order valence-electron chi connectivity index (χ4n) is 2.09. The van der Waals surface area contributed by atoms with Crippen molar-refractivity contribution in [2.24, 2.45) is 0 Å². The van der Waals surface area contributed by atoms with Crippen molar-refractivity contribution in [3.63, 3.8) is 0 Å². The molecule has 2 aromatic rings. The summed E-state index contributed by atoms with van der Waals surface area (Å²) in [4.78, 5) is 0. The molecule has 6 N–H and O–H groups in total. The fraction of sp³-hybridized carbons (Fsp3) is 0.143. The molecule has 0 heterocycles. The Labute approximate surface area is 118 Å². The zero-order valence-corrected chi connectivity index (χ0v) is 11.7. The Morgan fingerprint density at radius 2 is 1.40 bits per heavy atom. The zero-order valence-electron chi connectivity index (χ0n) is 10.7. The molecule has 0 aliphatic rings. The van der Waals surface area contributed by atoms with Crippen molar-refractivity contribution < 1.29 is 14.8 Å². The lowest BCUT2D eigenvalue weighted by atomic mass is 9.92. The van der Waals surface area contributed by atoms with Gasteiger partial charge < -0.3 is 21.7 Å². The average molecular weight is 291 g/mol. The van der Waals surface area contributed by atoms with Gasteiger partial charge in [0.15, 0.2) is 6.16 Å². The summed E-state index contributed by atoms with van der Waals surface area (Å²) >= 11 is 0. The average Bonchev–Trinajstić information content (AvgIpc) is 2.43. The minimum absolute atomic E-state index is 0.0160. The molecule has 0 spiro atoms. The number of benzene rings is 2. The van der Waals surface area contributed by atoms with Crippen molar-refractivity contribution in [3.8, 4) is 11.5 Å². The van der Waals surface area contributed by atoms with Gasteiger partial charge in [-0.1, -0.05) is 16.7 Å². The molecule has 0 radical (unpaired) electrons. The van der Waals surface area contributed by atoms with Crippen LogP contribution in [0.25, 0.3) is 0 Å². The molecule has 104 valence electrons. The van der Waals surface area contributed by atoms with Crippen LogP contribution in [0.2, 0.25) is 0 Å². The van der Waals surface area contributed by atoms with Crippen molar-refractivity contribution >= 4 is 19.8 Å². The van der Waals surface area contributed by atoms with E-state index in [0.29, 0.717) is 6.16 Å². The summed E-state index contributed by atoms with van der Waals surface area (Å²) in [5.74, 6) is -0.124. The van der Waals surface area contributed by atoms with E-state index in [4.69, 9.17) is 11.5 Å². The molecule has 2 rings (SSSR count). The number of nitrogen functional groups attached to an aromatic ring is 2. The Balaban J connectivity index is 2.46. The fourth-order valence-corrected chi connectivity index (χ4v) is 2.73. The molecule has 6 heteroatoms. The molecule has 1 unspecified atom stereocenters. The minimum atomic E-state index is -0.479. The van der Waals surface area contributed by atoms with Crippen molar-refractivity contribution in [3.05, 3.63) is 47.5 Å². The quantitative estimate of drug-likeness (QED) is 0.393. The van der Waals surface area contributed by atoms with Gasteiger partial charge in [0.2, 0.25) is 0 Å². The van der Waals surface area contributed by atoms with E-state index >= 15 is 0 Å². The summed E-state index contributed by atoms with van der Waals surface area (Å²) in [6.45, 7) is 0. The molecule has 20 heavy (non-hydrogen) atoms. The number of rotatable bonds is 4. The molecule has 0 fully saturated rings. The standard InChI is InChI=1S/C14H15N2O3P/c15-11-5-8(1-3-13(11)17)10(7-20-19)9-2-4-14(18)12(16)6-9/h1-6,10,17-18H,7,15-16H2/p+1. The normalized spacial score (nSPS) is 11.1. The van der Waals surface area contributed by atoms with Gasteiger partial charge in [-0.15, -0.1) is 0 Å².